The maximum absolute atomic E-state index is 12.3. The maximum Gasteiger partial charge on any atom is 0.251 e. The highest BCUT2D eigenvalue weighted by atomic mass is 35.5. The molecule has 29 heavy (non-hydrogen) atoms. The van der Waals surface area contributed by atoms with Gasteiger partial charge in [0.15, 0.2) is 0 Å². The molecule has 0 aliphatic heterocycles. The highest BCUT2D eigenvalue weighted by Crippen LogP contribution is 2.14. The van der Waals surface area contributed by atoms with Crippen LogP contribution < -0.4 is 5.32 Å². The first-order valence-corrected chi connectivity index (χ1v) is 9.95. The van der Waals surface area contributed by atoms with Crippen LogP contribution in [0, 0.1) is 0 Å². The van der Waals surface area contributed by atoms with Crippen LogP contribution >= 0.6 is 11.6 Å². The van der Waals surface area contributed by atoms with Crippen LogP contribution in [0.1, 0.15) is 27.0 Å². The number of halogens is 1. The number of nitrogens with zero attached hydrogens (tertiary/aromatic N) is 1. The number of hydrogen-bond acceptors (Lipinski definition) is 3. The van der Waals surface area contributed by atoms with Crippen LogP contribution in [0.15, 0.2) is 72.8 Å². The predicted molar refractivity (Wildman–Crippen MR) is 117 cm³/mol. The smallest absolute Gasteiger partial charge is 0.251 e. The quantitative estimate of drug-likeness (QED) is 0.570. The second kappa shape index (κ2) is 10.1. The molecule has 0 aromatic heterocycles. The third kappa shape index (κ3) is 6.63. The van der Waals surface area contributed by atoms with E-state index in [1.54, 1.807) is 12.1 Å². The Morgan fingerprint density at radius 2 is 1.59 bits per heavy atom. The zero-order chi connectivity index (χ0) is 20.6. The van der Waals surface area contributed by atoms with Gasteiger partial charge in [-0.05, 0) is 66.6 Å². The van der Waals surface area contributed by atoms with Gasteiger partial charge in [0.2, 0.25) is 0 Å². The lowest BCUT2D eigenvalue weighted by Crippen LogP contribution is -2.25. The lowest BCUT2D eigenvalue weighted by Gasteiger charge is -2.17. The summed E-state index contributed by atoms with van der Waals surface area (Å²) in [6.45, 7) is 2.14. The highest BCUT2D eigenvalue weighted by molar-refractivity contribution is 6.30. The lowest BCUT2D eigenvalue weighted by atomic mass is 10.1. The monoisotopic (exact) mass is 408 g/mol. The number of hydrogen-bond donors (Lipinski definition) is 2. The van der Waals surface area contributed by atoms with Crippen molar-refractivity contribution >= 4 is 17.5 Å². The molecule has 5 heteroatoms. The number of aromatic hydroxyl groups is 1. The number of nitrogens with one attached hydrogen (secondary N) is 1. The van der Waals surface area contributed by atoms with Crippen molar-refractivity contribution in [3.63, 3.8) is 0 Å². The third-order valence-corrected chi connectivity index (χ3v) is 4.88. The Morgan fingerprint density at radius 1 is 0.931 bits per heavy atom. The van der Waals surface area contributed by atoms with Crippen LogP contribution in [0.25, 0.3) is 0 Å². The van der Waals surface area contributed by atoms with E-state index in [0.717, 1.165) is 35.7 Å². The summed E-state index contributed by atoms with van der Waals surface area (Å²) < 4.78 is 0. The summed E-state index contributed by atoms with van der Waals surface area (Å²) in [4.78, 5) is 14.5. The predicted octanol–water partition coefficient (Wildman–Crippen LogP) is 4.65. The number of carbonyl (C=O) groups excluding carboxylic acids is 1. The van der Waals surface area contributed by atoms with Crippen molar-refractivity contribution in [3.8, 4) is 5.75 Å². The summed E-state index contributed by atoms with van der Waals surface area (Å²) in [5.74, 6) is 0.165. The minimum absolute atomic E-state index is 0.0809. The van der Waals surface area contributed by atoms with Gasteiger partial charge in [0.05, 0.1) is 0 Å². The largest absolute Gasteiger partial charge is 0.508 e. The van der Waals surface area contributed by atoms with E-state index in [2.05, 4.69) is 23.3 Å². The molecule has 0 saturated heterocycles. The Morgan fingerprint density at radius 3 is 2.28 bits per heavy atom. The fourth-order valence-corrected chi connectivity index (χ4v) is 3.37. The Kier molecular flexibility index (Phi) is 7.28. The number of carbonyl (C=O) groups is 1. The van der Waals surface area contributed by atoms with Crippen molar-refractivity contribution in [2.45, 2.75) is 19.5 Å². The lowest BCUT2D eigenvalue weighted by molar-refractivity contribution is 0.0954. The Hall–Kier alpha value is -2.82. The SMILES string of the molecule is CN(Cc1ccc(C(=O)NCCc2ccc(O)cc2)cc1)Cc1cccc(Cl)c1. The molecule has 4 nitrogen and oxygen atoms in total. The molecule has 3 aromatic carbocycles. The topological polar surface area (TPSA) is 52.6 Å². The van der Waals surface area contributed by atoms with Gasteiger partial charge in [-0.2, -0.15) is 0 Å². The number of phenols is 1. The van der Waals surface area contributed by atoms with Gasteiger partial charge in [-0.1, -0.05) is 48.0 Å². The summed E-state index contributed by atoms with van der Waals surface area (Å²) >= 11 is 6.05. The van der Waals surface area contributed by atoms with Crippen LogP contribution in [-0.2, 0) is 19.5 Å². The number of phenolic OH excluding ortho intramolecular Hbond substituents is 1. The molecule has 3 rings (SSSR count). The summed E-state index contributed by atoms with van der Waals surface area (Å²) in [5, 5.41) is 13.0. The second-order valence-electron chi connectivity index (χ2n) is 7.17. The molecule has 0 atom stereocenters. The molecule has 0 radical (unpaired) electrons. The van der Waals surface area contributed by atoms with Crippen LogP contribution in [0.2, 0.25) is 5.02 Å². The van der Waals surface area contributed by atoms with Crippen molar-refractivity contribution in [2.24, 2.45) is 0 Å². The zero-order valence-corrected chi connectivity index (χ0v) is 17.2. The van der Waals surface area contributed by atoms with Gasteiger partial charge >= 0.3 is 0 Å². The molecule has 2 N–H and O–H groups in total. The van der Waals surface area contributed by atoms with Gasteiger partial charge in [0.25, 0.3) is 5.91 Å². The van der Waals surface area contributed by atoms with Crippen molar-refractivity contribution in [1.82, 2.24) is 10.2 Å². The van der Waals surface area contributed by atoms with Crippen LogP contribution in [-0.4, -0.2) is 29.5 Å². The second-order valence-corrected chi connectivity index (χ2v) is 7.61. The van der Waals surface area contributed by atoms with Gasteiger partial charge in [-0.3, -0.25) is 9.69 Å². The van der Waals surface area contributed by atoms with Crippen LogP contribution in [0.3, 0.4) is 0 Å². The molecule has 0 aliphatic rings. The average molecular weight is 409 g/mol. The molecule has 150 valence electrons. The molecular weight excluding hydrogens is 384 g/mol. The number of amides is 1. The Bertz CT molecular complexity index is 940. The first kappa shape index (κ1) is 20.9. The molecular formula is C24H25ClN2O2. The van der Waals surface area contributed by atoms with Gasteiger partial charge in [-0.25, -0.2) is 0 Å². The maximum atomic E-state index is 12.3. The fraction of sp³-hybridized carbons (Fsp3) is 0.208. The molecule has 0 bridgehead atoms. The summed E-state index contributed by atoms with van der Waals surface area (Å²) in [6.07, 6.45) is 0.721. The van der Waals surface area contributed by atoms with Gasteiger partial charge in [-0.15, -0.1) is 0 Å². The van der Waals surface area contributed by atoms with Crippen LogP contribution in [0.4, 0.5) is 0 Å². The molecule has 1 amide bonds. The molecule has 0 fully saturated rings. The molecule has 0 saturated carbocycles. The van der Waals surface area contributed by atoms with Crippen molar-refractivity contribution in [1.29, 1.82) is 0 Å². The highest BCUT2D eigenvalue weighted by Gasteiger charge is 2.07. The third-order valence-electron chi connectivity index (χ3n) is 4.65. The van der Waals surface area contributed by atoms with Crippen molar-refractivity contribution < 1.29 is 9.90 Å². The van der Waals surface area contributed by atoms with E-state index in [9.17, 15) is 9.90 Å². The van der Waals surface area contributed by atoms with E-state index < -0.39 is 0 Å². The first-order valence-electron chi connectivity index (χ1n) is 9.57. The molecule has 0 heterocycles. The Labute approximate surface area is 176 Å². The van der Waals surface area contributed by atoms with Gasteiger partial charge in [0, 0.05) is 30.2 Å². The molecule has 0 aliphatic carbocycles. The minimum Gasteiger partial charge on any atom is -0.508 e. The fourth-order valence-electron chi connectivity index (χ4n) is 3.16. The standard InChI is InChI=1S/C24H25ClN2O2/c1-27(17-20-3-2-4-22(25)15-20)16-19-5-9-21(10-6-19)24(29)26-14-13-18-7-11-23(28)12-8-18/h2-12,15,28H,13-14,16-17H2,1H3,(H,26,29). The van der Waals surface area contributed by atoms with E-state index in [4.69, 9.17) is 11.6 Å². The van der Waals surface area contributed by atoms with Gasteiger partial charge in [0.1, 0.15) is 5.75 Å². The van der Waals surface area contributed by atoms with E-state index >= 15 is 0 Å². The van der Waals surface area contributed by atoms with Crippen molar-refractivity contribution in [3.05, 3.63) is 100 Å². The summed E-state index contributed by atoms with van der Waals surface area (Å²) in [5.41, 5.74) is 4.04. The molecule has 0 unspecified atom stereocenters. The van der Waals surface area contributed by atoms with E-state index in [-0.39, 0.29) is 11.7 Å². The van der Waals surface area contributed by atoms with Crippen molar-refractivity contribution in [2.75, 3.05) is 13.6 Å². The molecule has 0 spiro atoms. The zero-order valence-electron chi connectivity index (χ0n) is 16.4. The summed E-state index contributed by atoms with van der Waals surface area (Å²) in [6, 6.07) is 22.6. The van der Waals surface area contributed by atoms with E-state index in [0.29, 0.717) is 12.1 Å². The first-order chi connectivity index (χ1) is 14.0. The number of benzene rings is 3. The minimum atomic E-state index is -0.0809. The summed E-state index contributed by atoms with van der Waals surface area (Å²) in [7, 11) is 2.06. The number of rotatable bonds is 8. The molecule has 3 aromatic rings. The van der Waals surface area contributed by atoms with Crippen LogP contribution in [0.5, 0.6) is 5.75 Å². The normalized spacial score (nSPS) is 10.9. The van der Waals surface area contributed by atoms with E-state index in [1.165, 1.54) is 5.56 Å². The average Bonchev–Trinajstić information content (AvgIpc) is 2.70. The van der Waals surface area contributed by atoms with Gasteiger partial charge < -0.3 is 10.4 Å². The Balaban J connectivity index is 1.47. The van der Waals surface area contributed by atoms with E-state index in [1.807, 2.05) is 54.6 Å².